The average molecular weight is 349 g/mol. The first kappa shape index (κ1) is 18.3. The van der Waals surface area contributed by atoms with Crippen LogP contribution in [0.4, 0.5) is 26.3 Å². The molecular formula is C12H7ClF6O3. The number of benzene rings is 1. The summed E-state index contributed by atoms with van der Waals surface area (Å²) < 4.78 is 79.1. The normalized spacial score (nSPS) is 13.1. The Labute approximate surface area is 124 Å². The number of ketones is 1. The molecule has 0 unspecified atom stereocenters. The highest BCUT2D eigenvalue weighted by Crippen LogP contribution is 2.47. The summed E-state index contributed by atoms with van der Waals surface area (Å²) in [6, 6.07) is 2.28. The third-order valence-corrected chi connectivity index (χ3v) is 3.19. The summed E-state index contributed by atoms with van der Waals surface area (Å²) in [7, 11) is 0. The third kappa shape index (κ3) is 2.65. The van der Waals surface area contributed by atoms with Gasteiger partial charge in [-0.2, -0.15) is 26.3 Å². The molecule has 0 aliphatic carbocycles. The Morgan fingerprint density at radius 2 is 1.55 bits per heavy atom. The summed E-state index contributed by atoms with van der Waals surface area (Å²) in [5.74, 6) is -24.6. The van der Waals surface area contributed by atoms with Crippen LogP contribution in [-0.4, -0.2) is 34.6 Å². The summed E-state index contributed by atoms with van der Waals surface area (Å²) in [6.45, 7) is 1.27. The van der Waals surface area contributed by atoms with E-state index in [2.05, 4.69) is 0 Å². The minimum absolute atomic E-state index is 0.0301. The number of aryl methyl sites for hydroxylation is 1. The van der Waals surface area contributed by atoms with Crippen LogP contribution in [0.2, 0.25) is 5.02 Å². The Hall–Kier alpha value is -1.77. The van der Waals surface area contributed by atoms with Gasteiger partial charge in [0.1, 0.15) is 0 Å². The third-order valence-electron chi connectivity index (χ3n) is 2.76. The molecule has 1 N–H and O–H groups in total. The topological polar surface area (TPSA) is 54.4 Å². The molecule has 0 bridgehead atoms. The van der Waals surface area contributed by atoms with Crippen LogP contribution in [0.5, 0.6) is 0 Å². The fraction of sp³-hybridized carbons (Fsp3) is 0.333. The number of carbonyl (C=O) groups excluding carboxylic acids is 1. The van der Waals surface area contributed by atoms with E-state index >= 15 is 0 Å². The lowest BCUT2D eigenvalue weighted by molar-refractivity contribution is -0.285. The Bertz CT molecular complexity index is 629. The lowest BCUT2D eigenvalue weighted by Gasteiger charge is -2.29. The molecule has 0 aromatic heterocycles. The SMILES string of the molecule is Cc1cc(C(=O)C(F)(F)C(F)(F)C(F)(F)C(=O)O)ccc1Cl. The summed E-state index contributed by atoms with van der Waals surface area (Å²) >= 11 is 5.56. The lowest BCUT2D eigenvalue weighted by atomic mass is 9.95. The Morgan fingerprint density at radius 3 is 1.95 bits per heavy atom. The lowest BCUT2D eigenvalue weighted by Crippen LogP contribution is -2.60. The molecule has 1 aromatic rings. The largest absolute Gasteiger partial charge is 0.477 e. The number of hydrogen-bond acceptors (Lipinski definition) is 2. The average Bonchev–Trinajstić information content (AvgIpc) is 2.40. The van der Waals surface area contributed by atoms with Crippen molar-refractivity contribution in [2.24, 2.45) is 0 Å². The van der Waals surface area contributed by atoms with Gasteiger partial charge in [0, 0.05) is 10.6 Å². The van der Waals surface area contributed by atoms with E-state index in [4.69, 9.17) is 16.7 Å². The number of carboxylic acids is 1. The van der Waals surface area contributed by atoms with Crippen LogP contribution in [0.25, 0.3) is 0 Å². The van der Waals surface area contributed by atoms with Gasteiger partial charge in [-0.25, -0.2) is 4.79 Å². The minimum Gasteiger partial charge on any atom is -0.477 e. The molecule has 0 fully saturated rings. The van der Waals surface area contributed by atoms with Gasteiger partial charge in [0.2, 0.25) is 5.78 Å². The fourth-order valence-electron chi connectivity index (χ4n) is 1.44. The standard InChI is InChI=1S/C12H7ClF6O3/c1-5-4-6(2-3-7(5)13)8(20)10(14,15)12(18,19)11(16,17)9(21)22/h2-4H,1H3,(H,21,22). The van der Waals surface area contributed by atoms with Crippen molar-refractivity contribution in [3.8, 4) is 0 Å². The number of Topliss-reactive ketones (excluding diaryl/α,β-unsaturated/α-hetero) is 1. The van der Waals surface area contributed by atoms with Crippen molar-refractivity contribution < 1.29 is 41.0 Å². The maximum atomic E-state index is 13.5. The van der Waals surface area contributed by atoms with Gasteiger partial charge in [-0.05, 0) is 30.7 Å². The first-order valence-corrected chi connectivity index (χ1v) is 5.82. The zero-order valence-corrected chi connectivity index (χ0v) is 11.4. The number of rotatable bonds is 5. The van der Waals surface area contributed by atoms with Crippen LogP contribution in [0, 0.1) is 6.92 Å². The molecule has 0 aliphatic rings. The maximum absolute atomic E-state index is 13.5. The molecule has 0 saturated carbocycles. The van der Waals surface area contributed by atoms with Crippen molar-refractivity contribution in [1.29, 1.82) is 0 Å². The first-order valence-electron chi connectivity index (χ1n) is 5.44. The van der Waals surface area contributed by atoms with Gasteiger partial charge in [-0.3, -0.25) is 4.79 Å². The van der Waals surface area contributed by atoms with Crippen LogP contribution >= 0.6 is 11.6 Å². The Balaban J connectivity index is 3.35. The summed E-state index contributed by atoms with van der Waals surface area (Å²) in [5, 5.41) is 8.01. The molecule has 0 atom stereocenters. The van der Waals surface area contributed by atoms with Crippen molar-refractivity contribution in [3.05, 3.63) is 34.3 Å². The van der Waals surface area contributed by atoms with Crippen molar-refractivity contribution in [3.63, 3.8) is 0 Å². The predicted molar refractivity (Wildman–Crippen MR) is 63.0 cm³/mol. The van der Waals surface area contributed by atoms with Crippen molar-refractivity contribution in [1.82, 2.24) is 0 Å². The van der Waals surface area contributed by atoms with E-state index in [1.807, 2.05) is 0 Å². The number of halogens is 7. The zero-order chi connectivity index (χ0) is 17.5. The van der Waals surface area contributed by atoms with Crippen molar-refractivity contribution in [2.75, 3.05) is 0 Å². The second-order valence-corrected chi connectivity index (χ2v) is 4.73. The van der Waals surface area contributed by atoms with Gasteiger partial charge in [-0.1, -0.05) is 11.6 Å². The van der Waals surface area contributed by atoms with Gasteiger partial charge in [0.05, 0.1) is 0 Å². The molecule has 0 aliphatic heterocycles. The number of carbonyl (C=O) groups is 2. The Kier molecular flexibility index (Phi) is 4.53. The quantitative estimate of drug-likeness (QED) is 0.650. The van der Waals surface area contributed by atoms with E-state index in [1.165, 1.54) is 6.92 Å². The van der Waals surface area contributed by atoms with E-state index < -0.39 is 35.1 Å². The number of carboxylic acid groups (broad SMARTS) is 1. The van der Waals surface area contributed by atoms with Gasteiger partial charge in [-0.15, -0.1) is 0 Å². The monoisotopic (exact) mass is 348 g/mol. The van der Waals surface area contributed by atoms with Gasteiger partial charge in [0.15, 0.2) is 0 Å². The fourth-order valence-corrected chi connectivity index (χ4v) is 1.56. The van der Waals surface area contributed by atoms with Crippen molar-refractivity contribution >= 4 is 23.4 Å². The molecule has 1 rings (SSSR count). The van der Waals surface area contributed by atoms with E-state index in [0.717, 1.165) is 6.07 Å². The molecule has 1 aromatic carbocycles. The second kappa shape index (κ2) is 5.45. The summed E-state index contributed by atoms with van der Waals surface area (Å²) in [4.78, 5) is 21.5. The molecule has 3 nitrogen and oxygen atoms in total. The first-order chi connectivity index (χ1) is 9.76. The van der Waals surface area contributed by atoms with Crippen LogP contribution in [0.3, 0.4) is 0 Å². The molecule has 0 amide bonds. The molecule has 22 heavy (non-hydrogen) atoms. The van der Waals surface area contributed by atoms with E-state index in [9.17, 15) is 35.9 Å². The molecular weight excluding hydrogens is 342 g/mol. The molecule has 0 radical (unpaired) electrons. The van der Waals surface area contributed by atoms with Gasteiger partial charge >= 0.3 is 23.7 Å². The van der Waals surface area contributed by atoms with Crippen LogP contribution in [0.1, 0.15) is 15.9 Å². The molecule has 122 valence electrons. The number of alkyl halides is 6. The number of hydrogen-bond donors (Lipinski definition) is 1. The molecule has 0 saturated heterocycles. The highest BCUT2D eigenvalue weighted by atomic mass is 35.5. The molecule has 0 heterocycles. The zero-order valence-electron chi connectivity index (χ0n) is 10.6. The van der Waals surface area contributed by atoms with Crippen LogP contribution < -0.4 is 0 Å². The van der Waals surface area contributed by atoms with Crippen molar-refractivity contribution in [2.45, 2.75) is 24.7 Å². The minimum atomic E-state index is -6.42. The maximum Gasteiger partial charge on any atom is 0.411 e. The Morgan fingerprint density at radius 1 is 1.05 bits per heavy atom. The van der Waals surface area contributed by atoms with E-state index in [0.29, 0.717) is 12.1 Å². The second-order valence-electron chi connectivity index (χ2n) is 4.32. The molecule has 10 heteroatoms. The van der Waals surface area contributed by atoms with Crippen LogP contribution in [-0.2, 0) is 4.79 Å². The van der Waals surface area contributed by atoms with E-state index in [-0.39, 0.29) is 10.6 Å². The molecule has 0 spiro atoms. The van der Waals surface area contributed by atoms with Gasteiger partial charge in [0.25, 0.3) is 0 Å². The number of aliphatic carboxylic acids is 1. The highest BCUT2D eigenvalue weighted by Gasteiger charge is 2.78. The summed E-state index contributed by atoms with van der Waals surface area (Å²) in [6.07, 6.45) is 0. The predicted octanol–water partition coefficient (Wildman–Crippen LogP) is 3.82. The highest BCUT2D eigenvalue weighted by molar-refractivity contribution is 6.31. The van der Waals surface area contributed by atoms with Crippen LogP contribution in [0.15, 0.2) is 18.2 Å². The van der Waals surface area contributed by atoms with E-state index in [1.54, 1.807) is 0 Å². The summed E-state index contributed by atoms with van der Waals surface area (Å²) in [5.41, 5.74) is -0.940. The van der Waals surface area contributed by atoms with Gasteiger partial charge < -0.3 is 5.11 Å². The smallest absolute Gasteiger partial charge is 0.411 e.